The van der Waals surface area contributed by atoms with Crippen LogP contribution in [0.1, 0.15) is 17.5 Å². The van der Waals surface area contributed by atoms with E-state index in [0.717, 1.165) is 11.3 Å². The van der Waals surface area contributed by atoms with Gasteiger partial charge in [0.2, 0.25) is 5.91 Å². The first-order chi connectivity index (χ1) is 9.15. The first kappa shape index (κ1) is 13.4. The Balaban J connectivity index is 1.95. The van der Waals surface area contributed by atoms with Gasteiger partial charge in [-0.25, -0.2) is 0 Å². The third-order valence-corrected chi connectivity index (χ3v) is 3.13. The topological polar surface area (TPSA) is 29.1 Å². The molecule has 0 spiro atoms. The molecule has 96 valence electrons. The smallest absolute Gasteiger partial charge is 0.229 e. The van der Waals surface area contributed by atoms with Gasteiger partial charge < -0.3 is 5.32 Å². The number of para-hydroxylation sites is 1. The van der Waals surface area contributed by atoms with Crippen LogP contribution in [0, 0.1) is 6.92 Å². The van der Waals surface area contributed by atoms with Crippen molar-refractivity contribution >= 4 is 28.7 Å². The molecule has 0 aromatic heterocycles. The van der Waals surface area contributed by atoms with Gasteiger partial charge in [0.15, 0.2) is 0 Å². The fraction of sp³-hybridized carbons (Fsp3) is 0.125. The molecule has 2 rings (SSSR count). The number of amides is 1. The number of aryl methyl sites for hydroxylation is 1. The molecule has 3 heteroatoms. The molecule has 0 radical (unpaired) electrons. The zero-order valence-electron chi connectivity index (χ0n) is 10.7. The second-order valence-electron chi connectivity index (χ2n) is 4.38. The van der Waals surface area contributed by atoms with Gasteiger partial charge in [-0.3, -0.25) is 4.79 Å². The summed E-state index contributed by atoms with van der Waals surface area (Å²) in [5.74, 6) is -0.0863. The van der Waals surface area contributed by atoms with Gasteiger partial charge in [0.05, 0.1) is 6.42 Å². The zero-order valence-corrected chi connectivity index (χ0v) is 11.5. The SMILES string of the molecule is Cc1ccc(C(=S)CC(=O)Nc2ccccc2)cc1. The molecule has 0 heterocycles. The summed E-state index contributed by atoms with van der Waals surface area (Å²) in [6.07, 6.45) is 0.229. The largest absolute Gasteiger partial charge is 0.326 e. The van der Waals surface area contributed by atoms with Gasteiger partial charge in [-0.15, -0.1) is 0 Å². The number of thiocarbonyl (C=S) groups is 1. The summed E-state index contributed by atoms with van der Waals surface area (Å²) in [6, 6.07) is 17.3. The van der Waals surface area contributed by atoms with Gasteiger partial charge in [0.25, 0.3) is 0 Å². The van der Waals surface area contributed by atoms with Crippen LogP contribution in [0.4, 0.5) is 5.69 Å². The van der Waals surface area contributed by atoms with Gasteiger partial charge >= 0.3 is 0 Å². The van der Waals surface area contributed by atoms with E-state index in [1.807, 2.05) is 61.5 Å². The molecule has 0 aliphatic carbocycles. The van der Waals surface area contributed by atoms with Crippen molar-refractivity contribution in [1.82, 2.24) is 0 Å². The molecule has 0 aliphatic heterocycles. The first-order valence-corrected chi connectivity index (χ1v) is 6.51. The highest BCUT2D eigenvalue weighted by molar-refractivity contribution is 7.80. The Kier molecular flexibility index (Phi) is 4.42. The standard InChI is InChI=1S/C16H15NOS/c1-12-7-9-13(10-8-12)15(19)11-16(18)17-14-5-3-2-4-6-14/h2-10H,11H2,1H3,(H,17,18). The van der Waals surface area contributed by atoms with Crippen LogP contribution in [0.5, 0.6) is 0 Å². The summed E-state index contributed by atoms with van der Waals surface area (Å²) < 4.78 is 0. The summed E-state index contributed by atoms with van der Waals surface area (Å²) in [5, 5.41) is 2.83. The van der Waals surface area contributed by atoms with Crippen molar-refractivity contribution < 1.29 is 4.79 Å². The van der Waals surface area contributed by atoms with Crippen LogP contribution in [-0.4, -0.2) is 10.8 Å². The minimum Gasteiger partial charge on any atom is -0.326 e. The number of hydrogen-bond acceptors (Lipinski definition) is 2. The third kappa shape index (κ3) is 4.00. The molecule has 0 fully saturated rings. The molecule has 2 aromatic rings. The van der Waals surface area contributed by atoms with Crippen LogP contribution >= 0.6 is 12.2 Å². The van der Waals surface area contributed by atoms with E-state index in [0.29, 0.717) is 4.86 Å². The van der Waals surface area contributed by atoms with Crippen molar-refractivity contribution in [3.8, 4) is 0 Å². The number of hydrogen-bond donors (Lipinski definition) is 1. The summed E-state index contributed by atoms with van der Waals surface area (Å²) in [6.45, 7) is 2.02. The van der Waals surface area contributed by atoms with E-state index in [2.05, 4.69) is 5.32 Å². The number of anilines is 1. The summed E-state index contributed by atoms with van der Waals surface area (Å²) in [5.41, 5.74) is 2.91. The number of carbonyl (C=O) groups excluding carboxylic acids is 1. The van der Waals surface area contributed by atoms with Crippen LogP contribution in [0.3, 0.4) is 0 Å². The molecular weight excluding hydrogens is 254 g/mol. The lowest BCUT2D eigenvalue weighted by molar-refractivity contribution is -0.115. The highest BCUT2D eigenvalue weighted by atomic mass is 32.1. The summed E-state index contributed by atoms with van der Waals surface area (Å²) in [7, 11) is 0. The fourth-order valence-electron chi connectivity index (χ4n) is 1.71. The van der Waals surface area contributed by atoms with Gasteiger partial charge in [-0.05, 0) is 24.6 Å². The lowest BCUT2D eigenvalue weighted by Crippen LogP contribution is -2.15. The lowest BCUT2D eigenvalue weighted by Gasteiger charge is -2.06. The first-order valence-electron chi connectivity index (χ1n) is 6.10. The minimum absolute atomic E-state index is 0.0863. The van der Waals surface area contributed by atoms with Gasteiger partial charge in [0, 0.05) is 10.6 Å². The van der Waals surface area contributed by atoms with E-state index < -0.39 is 0 Å². The zero-order chi connectivity index (χ0) is 13.7. The maximum atomic E-state index is 11.9. The van der Waals surface area contributed by atoms with Crippen LogP contribution in [-0.2, 0) is 4.79 Å². The van der Waals surface area contributed by atoms with Crippen molar-refractivity contribution in [2.45, 2.75) is 13.3 Å². The maximum Gasteiger partial charge on any atom is 0.229 e. The highest BCUT2D eigenvalue weighted by Gasteiger charge is 2.08. The van der Waals surface area contributed by atoms with Crippen LogP contribution in [0.15, 0.2) is 54.6 Å². The fourth-order valence-corrected chi connectivity index (χ4v) is 1.98. The lowest BCUT2D eigenvalue weighted by atomic mass is 10.1. The minimum atomic E-state index is -0.0863. The average molecular weight is 269 g/mol. The number of rotatable bonds is 4. The van der Waals surface area contributed by atoms with E-state index in [-0.39, 0.29) is 12.3 Å². The van der Waals surface area contributed by atoms with Crippen molar-refractivity contribution in [3.05, 3.63) is 65.7 Å². The summed E-state index contributed by atoms with van der Waals surface area (Å²) >= 11 is 5.30. The highest BCUT2D eigenvalue weighted by Crippen LogP contribution is 2.10. The number of carbonyl (C=O) groups is 1. The molecule has 2 nitrogen and oxygen atoms in total. The quantitative estimate of drug-likeness (QED) is 0.676. The van der Waals surface area contributed by atoms with Gasteiger partial charge in [0.1, 0.15) is 0 Å². The monoisotopic (exact) mass is 269 g/mol. The molecule has 1 amide bonds. The Morgan fingerprint density at radius 3 is 2.32 bits per heavy atom. The van der Waals surface area contributed by atoms with E-state index in [9.17, 15) is 4.79 Å². The molecule has 0 saturated carbocycles. The van der Waals surface area contributed by atoms with Crippen molar-refractivity contribution in [3.63, 3.8) is 0 Å². The number of benzene rings is 2. The predicted octanol–water partition coefficient (Wildman–Crippen LogP) is 3.74. The maximum absolute atomic E-state index is 11.9. The van der Waals surface area contributed by atoms with E-state index in [1.54, 1.807) is 0 Å². The summed E-state index contributed by atoms with van der Waals surface area (Å²) in [4.78, 5) is 12.5. The Morgan fingerprint density at radius 1 is 1.05 bits per heavy atom. The molecule has 0 bridgehead atoms. The Morgan fingerprint density at radius 2 is 1.68 bits per heavy atom. The Hall–Kier alpha value is -2.00. The second-order valence-corrected chi connectivity index (χ2v) is 4.87. The molecule has 0 aliphatic rings. The van der Waals surface area contributed by atoms with Crippen molar-refractivity contribution in [2.24, 2.45) is 0 Å². The molecule has 0 atom stereocenters. The second kappa shape index (κ2) is 6.25. The van der Waals surface area contributed by atoms with E-state index in [4.69, 9.17) is 12.2 Å². The normalized spacial score (nSPS) is 9.95. The van der Waals surface area contributed by atoms with Gasteiger partial charge in [-0.1, -0.05) is 60.2 Å². The van der Waals surface area contributed by atoms with Crippen LogP contribution in [0.2, 0.25) is 0 Å². The molecule has 0 saturated heterocycles. The molecule has 0 unspecified atom stereocenters. The van der Waals surface area contributed by atoms with Crippen molar-refractivity contribution in [1.29, 1.82) is 0 Å². The third-order valence-electron chi connectivity index (χ3n) is 2.75. The van der Waals surface area contributed by atoms with E-state index >= 15 is 0 Å². The van der Waals surface area contributed by atoms with Crippen LogP contribution in [0.25, 0.3) is 0 Å². The predicted molar refractivity (Wildman–Crippen MR) is 82.6 cm³/mol. The van der Waals surface area contributed by atoms with Crippen molar-refractivity contribution in [2.75, 3.05) is 5.32 Å². The molecular formula is C16H15NOS. The average Bonchev–Trinajstić information content (AvgIpc) is 2.40. The number of nitrogens with one attached hydrogen (secondary N) is 1. The van der Waals surface area contributed by atoms with E-state index in [1.165, 1.54) is 5.56 Å². The molecule has 1 N–H and O–H groups in total. The molecule has 2 aromatic carbocycles. The Labute approximate surface area is 118 Å². The molecule has 19 heavy (non-hydrogen) atoms. The Bertz CT molecular complexity index is 575. The van der Waals surface area contributed by atoms with Gasteiger partial charge in [-0.2, -0.15) is 0 Å². The van der Waals surface area contributed by atoms with Crippen LogP contribution < -0.4 is 5.32 Å².